The average molecular weight is 375 g/mol. The van der Waals surface area contributed by atoms with E-state index in [2.05, 4.69) is 0 Å². The summed E-state index contributed by atoms with van der Waals surface area (Å²) in [6.45, 7) is 4.27. The summed E-state index contributed by atoms with van der Waals surface area (Å²) >= 11 is 0. The molecule has 1 aliphatic heterocycles. The summed E-state index contributed by atoms with van der Waals surface area (Å²) in [6.07, 6.45) is 1.63. The van der Waals surface area contributed by atoms with Crippen molar-refractivity contribution in [2.24, 2.45) is 0 Å². The van der Waals surface area contributed by atoms with Crippen LogP contribution in [0, 0.1) is 13.8 Å². The molecule has 5 nitrogen and oxygen atoms in total. The second kappa shape index (κ2) is 7.29. The highest BCUT2D eigenvalue weighted by Gasteiger charge is 2.37. The van der Waals surface area contributed by atoms with Gasteiger partial charge in [0.05, 0.1) is 25.2 Å². The molecule has 1 fully saturated rings. The minimum Gasteiger partial charge on any atom is -0.493 e. The molecular formula is C20H25NO4S. The summed E-state index contributed by atoms with van der Waals surface area (Å²) < 4.78 is 39.0. The Hall–Kier alpha value is -2.05. The van der Waals surface area contributed by atoms with Crippen molar-refractivity contribution in [2.45, 2.75) is 37.6 Å². The van der Waals surface area contributed by atoms with Crippen molar-refractivity contribution in [1.29, 1.82) is 0 Å². The summed E-state index contributed by atoms with van der Waals surface area (Å²) in [5.74, 6) is 1.25. The molecular weight excluding hydrogens is 350 g/mol. The predicted octanol–water partition coefficient (Wildman–Crippen LogP) is 3.85. The van der Waals surface area contributed by atoms with Gasteiger partial charge >= 0.3 is 0 Å². The smallest absolute Gasteiger partial charge is 0.243 e. The maximum absolute atomic E-state index is 13.3. The van der Waals surface area contributed by atoms with E-state index in [1.54, 1.807) is 24.6 Å². The second-order valence-corrected chi connectivity index (χ2v) is 8.52. The Labute approximate surface area is 155 Å². The SMILES string of the molecule is COc1ccc([C@@H]2CCCN2S(=O)(=O)c2cc(C)ccc2C)cc1OC. The number of benzene rings is 2. The van der Waals surface area contributed by atoms with E-state index >= 15 is 0 Å². The Morgan fingerprint density at radius 2 is 1.73 bits per heavy atom. The first-order chi connectivity index (χ1) is 12.4. The molecule has 0 saturated carbocycles. The lowest BCUT2D eigenvalue weighted by Gasteiger charge is -2.26. The van der Waals surface area contributed by atoms with Gasteiger partial charge in [0, 0.05) is 6.54 Å². The summed E-state index contributed by atoms with van der Waals surface area (Å²) in [5, 5.41) is 0. The molecule has 0 bridgehead atoms. The van der Waals surface area contributed by atoms with Gasteiger partial charge in [-0.1, -0.05) is 18.2 Å². The highest BCUT2D eigenvalue weighted by atomic mass is 32.2. The standard InChI is InChI=1S/C20H25NO4S/c1-14-7-8-15(2)20(12-14)26(22,23)21-11-5-6-17(21)16-9-10-18(24-3)19(13-16)25-4/h7-10,12-13,17H,5-6,11H2,1-4H3/t17-/m0/s1. The summed E-state index contributed by atoms with van der Waals surface area (Å²) in [4.78, 5) is 0.393. The van der Waals surface area contributed by atoms with Crippen molar-refractivity contribution < 1.29 is 17.9 Å². The van der Waals surface area contributed by atoms with Gasteiger partial charge in [-0.25, -0.2) is 8.42 Å². The number of hydrogen-bond donors (Lipinski definition) is 0. The zero-order valence-electron chi connectivity index (χ0n) is 15.7. The molecule has 2 aromatic rings. The Balaban J connectivity index is 2.01. The van der Waals surface area contributed by atoms with Crippen molar-refractivity contribution in [3.05, 3.63) is 53.1 Å². The Morgan fingerprint density at radius 1 is 1.00 bits per heavy atom. The van der Waals surface area contributed by atoms with Crippen LogP contribution in [0.3, 0.4) is 0 Å². The zero-order chi connectivity index (χ0) is 18.9. The third kappa shape index (κ3) is 3.31. The Kier molecular flexibility index (Phi) is 5.25. The van der Waals surface area contributed by atoms with Crippen LogP contribution in [0.4, 0.5) is 0 Å². The molecule has 1 saturated heterocycles. The fraction of sp³-hybridized carbons (Fsp3) is 0.400. The van der Waals surface area contributed by atoms with Crippen molar-refractivity contribution >= 4 is 10.0 Å². The van der Waals surface area contributed by atoms with E-state index in [1.165, 1.54) is 0 Å². The van der Waals surface area contributed by atoms with Crippen molar-refractivity contribution in [2.75, 3.05) is 20.8 Å². The van der Waals surface area contributed by atoms with Crippen molar-refractivity contribution in [1.82, 2.24) is 4.31 Å². The minimum atomic E-state index is -3.56. The number of aryl methyl sites for hydroxylation is 2. The van der Waals surface area contributed by atoms with Crippen LogP contribution in [0.5, 0.6) is 11.5 Å². The number of methoxy groups -OCH3 is 2. The Bertz CT molecular complexity index is 908. The third-order valence-electron chi connectivity index (χ3n) is 4.93. The molecule has 0 N–H and O–H groups in total. The van der Waals surface area contributed by atoms with Crippen LogP contribution < -0.4 is 9.47 Å². The van der Waals surface area contributed by atoms with Crippen molar-refractivity contribution in [3.8, 4) is 11.5 Å². The monoisotopic (exact) mass is 375 g/mol. The quantitative estimate of drug-likeness (QED) is 0.797. The highest BCUT2D eigenvalue weighted by Crippen LogP contribution is 2.40. The molecule has 140 valence electrons. The average Bonchev–Trinajstić information content (AvgIpc) is 3.13. The lowest BCUT2D eigenvalue weighted by Crippen LogP contribution is -2.31. The first-order valence-electron chi connectivity index (χ1n) is 8.69. The molecule has 1 atom stereocenters. The molecule has 3 rings (SSSR count). The van der Waals surface area contributed by atoms with E-state index in [9.17, 15) is 8.42 Å². The van der Waals surface area contributed by atoms with Gasteiger partial charge in [0.1, 0.15) is 0 Å². The summed E-state index contributed by atoms with van der Waals surface area (Å²) in [5.41, 5.74) is 2.64. The van der Waals surface area contributed by atoms with Crippen molar-refractivity contribution in [3.63, 3.8) is 0 Å². The Morgan fingerprint density at radius 3 is 2.42 bits per heavy atom. The van der Waals surface area contributed by atoms with Crippen LogP contribution in [0.2, 0.25) is 0 Å². The number of nitrogens with zero attached hydrogens (tertiary/aromatic N) is 1. The number of sulfonamides is 1. The van der Waals surface area contributed by atoms with Crippen LogP contribution in [0.25, 0.3) is 0 Å². The summed E-state index contributed by atoms with van der Waals surface area (Å²) in [7, 11) is -0.391. The van der Waals surface area contributed by atoms with Gasteiger partial charge in [-0.15, -0.1) is 0 Å². The zero-order valence-corrected chi connectivity index (χ0v) is 16.5. The first kappa shape index (κ1) is 18.7. The maximum Gasteiger partial charge on any atom is 0.243 e. The fourth-order valence-electron chi connectivity index (χ4n) is 3.53. The largest absolute Gasteiger partial charge is 0.493 e. The molecule has 6 heteroatoms. The molecule has 0 unspecified atom stereocenters. The summed E-state index contributed by atoms with van der Waals surface area (Å²) in [6, 6.07) is 11.0. The van der Waals surface area contributed by atoms with Crippen LogP contribution in [-0.2, 0) is 10.0 Å². The van der Waals surface area contributed by atoms with Gasteiger partial charge in [0.2, 0.25) is 10.0 Å². The van der Waals surface area contributed by atoms with Crippen LogP contribution in [-0.4, -0.2) is 33.5 Å². The van der Waals surface area contributed by atoms with Gasteiger partial charge in [-0.05, 0) is 61.6 Å². The number of rotatable bonds is 5. The lowest BCUT2D eigenvalue weighted by molar-refractivity contribution is 0.351. The molecule has 0 amide bonds. The van der Waals surface area contributed by atoms with E-state index < -0.39 is 10.0 Å². The fourth-order valence-corrected chi connectivity index (χ4v) is 5.53. The first-order valence-corrected chi connectivity index (χ1v) is 10.1. The number of hydrogen-bond acceptors (Lipinski definition) is 4. The van der Waals surface area contributed by atoms with Crippen LogP contribution in [0.15, 0.2) is 41.3 Å². The highest BCUT2D eigenvalue weighted by molar-refractivity contribution is 7.89. The molecule has 1 aliphatic rings. The van der Waals surface area contributed by atoms with Gasteiger partial charge in [0.25, 0.3) is 0 Å². The third-order valence-corrected chi connectivity index (χ3v) is 6.98. The molecule has 0 spiro atoms. The molecule has 1 heterocycles. The van der Waals surface area contributed by atoms with Crippen LogP contribution >= 0.6 is 0 Å². The lowest BCUT2D eigenvalue weighted by atomic mass is 10.0. The van der Waals surface area contributed by atoms with Gasteiger partial charge in [0.15, 0.2) is 11.5 Å². The van der Waals surface area contributed by atoms with E-state index in [1.807, 2.05) is 44.2 Å². The number of ether oxygens (including phenoxy) is 2. The van der Waals surface area contributed by atoms with Crippen LogP contribution in [0.1, 0.15) is 35.6 Å². The van der Waals surface area contributed by atoms with Gasteiger partial charge in [-0.3, -0.25) is 0 Å². The normalized spacial score (nSPS) is 18.1. The molecule has 2 aromatic carbocycles. The van der Waals surface area contributed by atoms with E-state index in [0.29, 0.717) is 22.9 Å². The predicted molar refractivity (Wildman–Crippen MR) is 101 cm³/mol. The topological polar surface area (TPSA) is 55.8 Å². The maximum atomic E-state index is 13.3. The van der Waals surface area contributed by atoms with E-state index in [0.717, 1.165) is 29.5 Å². The van der Waals surface area contributed by atoms with E-state index in [4.69, 9.17) is 9.47 Å². The molecule has 26 heavy (non-hydrogen) atoms. The van der Waals surface area contributed by atoms with E-state index in [-0.39, 0.29) is 6.04 Å². The second-order valence-electron chi connectivity index (χ2n) is 6.66. The molecule has 0 aromatic heterocycles. The minimum absolute atomic E-state index is 0.195. The van der Waals surface area contributed by atoms with Gasteiger partial charge < -0.3 is 9.47 Å². The molecule has 0 radical (unpaired) electrons. The molecule has 0 aliphatic carbocycles. The van der Waals surface area contributed by atoms with Gasteiger partial charge in [-0.2, -0.15) is 4.31 Å².